The summed E-state index contributed by atoms with van der Waals surface area (Å²) in [6.45, 7) is 0. The van der Waals surface area contributed by atoms with E-state index in [9.17, 15) is 19.8 Å². The summed E-state index contributed by atoms with van der Waals surface area (Å²) in [5, 5.41) is 45.5. The van der Waals surface area contributed by atoms with Crippen molar-refractivity contribution in [1.29, 1.82) is 10.5 Å². The minimum absolute atomic E-state index is 0. The molecule has 0 N–H and O–H groups in total. The Labute approximate surface area is 214 Å². The Kier molecular flexibility index (Phi) is 22.8. The molecule has 0 amide bonds. The van der Waals surface area contributed by atoms with Crippen LogP contribution in [0.25, 0.3) is 0 Å². The molecule has 0 spiro atoms. The number of hydrogen-bond donors (Lipinski definition) is 0. The van der Waals surface area contributed by atoms with Gasteiger partial charge in [-0.1, -0.05) is 0 Å². The molecule has 0 fully saturated rings. The molecule has 0 aromatic rings. The van der Waals surface area contributed by atoms with Crippen LogP contribution >= 0.6 is 0 Å². The summed E-state index contributed by atoms with van der Waals surface area (Å²) in [5.74, 6) is -2.48. The van der Waals surface area contributed by atoms with Crippen molar-refractivity contribution >= 4 is 11.9 Å². The maximum absolute atomic E-state index is 10.3. The van der Waals surface area contributed by atoms with E-state index in [0.29, 0.717) is 0 Å². The molecule has 2 atom stereocenters. The third-order valence-electron chi connectivity index (χ3n) is 2.41. The van der Waals surface area contributed by atoms with Gasteiger partial charge in [0.15, 0.2) is 0 Å². The molecule has 0 bridgehead atoms. The number of hydrogen-bond acceptors (Lipinski definition) is 8. The second-order valence-corrected chi connectivity index (χ2v) is 4.08. The van der Waals surface area contributed by atoms with Crippen molar-refractivity contribution in [2.75, 3.05) is 0 Å². The molecule has 0 aromatic heterocycles. The molecule has 0 aromatic carbocycles. The van der Waals surface area contributed by atoms with Crippen LogP contribution < -0.4 is 113 Å². The average Bonchev–Trinajstić information content (AvgIpc) is 2.38. The second-order valence-electron chi connectivity index (χ2n) is 4.08. The van der Waals surface area contributed by atoms with Crippen LogP contribution in [0.2, 0.25) is 0 Å². The number of carboxylic acids is 2. The number of nitriles is 2. The van der Waals surface area contributed by atoms with Crippen molar-refractivity contribution in [1.82, 2.24) is 0 Å². The summed E-state index contributed by atoms with van der Waals surface area (Å²) in [4.78, 5) is 20.7. The summed E-state index contributed by atoms with van der Waals surface area (Å²) in [5.41, 5.74) is 0. The van der Waals surface area contributed by atoms with E-state index in [1.807, 2.05) is 12.1 Å². The summed E-state index contributed by atoms with van der Waals surface area (Å²) >= 11 is 0. The van der Waals surface area contributed by atoms with Gasteiger partial charge in [-0.15, -0.1) is 0 Å². The SMILES string of the molecule is N#CCC(CCC(=O)[O-])N=NC(CC#N)CCC(=O)[O-].[K+].[K+]. The van der Waals surface area contributed by atoms with E-state index in [1.165, 1.54) is 0 Å². The first-order valence-corrected chi connectivity index (χ1v) is 6.03. The van der Waals surface area contributed by atoms with E-state index in [0.717, 1.165) is 0 Å². The van der Waals surface area contributed by atoms with Gasteiger partial charge >= 0.3 is 103 Å². The molecule has 0 radical (unpaired) electrons. The van der Waals surface area contributed by atoms with Crippen LogP contribution in [0.4, 0.5) is 0 Å². The predicted octanol–water partition coefficient (Wildman–Crippen LogP) is -6.93. The van der Waals surface area contributed by atoms with E-state index in [-0.39, 0.29) is 141 Å². The molecular weight excluding hydrogens is 342 g/mol. The van der Waals surface area contributed by atoms with Crippen LogP contribution in [0.3, 0.4) is 0 Å². The number of nitrogens with zero attached hydrogens (tertiary/aromatic N) is 4. The van der Waals surface area contributed by atoms with E-state index in [1.54, 1.807) is 0 Å². The standard InChI is InChI=1S/C12H16N4O4.2K/c13-7-5-9(1-3-11(17)18)15-16-10(6-8-14)2-4-12(19)20;;/h9-10H,1-6H2,(H,17,18)(H,19,20);;/q;2*+1/p-2. The smallest absolute Gasteiger partial charge is 0.550 e. The first-order chi connectivity index (χ1) is 9.49. The topological polar surface area (TPSA) is 153 Å². The van der Waals surface area contributed by atoms with Gasteiger partial charge in [0.1, 0.15) is 0 Å². The van der Waals surface area contributed by atoms with Gasteiger partial charge in [0, 0.05) is 11.9 Å². The Morgan fingerprint density at radius 1 is 0.864 bits per heavy atom. The predicted molar refractivity (Wildman–Crippen MR) is 61.4 cm³/mol. The minimum Gasteiger partial charge on any atom is -0.550 e. The van der Waals surface area contributed by atoms with Gasteiger partial charge < -0.3 is 19.8 Å². The molecule has 0 aliphatic heterocycles. The van der Waals surface area contributed by atoms with Crippen LogP contribution in [-0.4, -0.2) is 24.0 Å². The fraction of sp³-hybridized carbons (Fsp3) is 0.667. The van der Waals surface area contributed by atoms with Crippen LogP contribution in [0.5, 0.6) is 0 Å². The molecule has 8 nitrogen and oxygen atoms in total. The molecule has 0 aliphatic carbocycles. The number of carbonyl (C=O) groups is 2. The molecule has 2 unspecified atom stereocenters. The summed E-state index contributed by atoms with van der Waals surface area (Å²) < 4.78 is 0. The van der Waals surface area contributed by atoms with Gasteiger partial charge in [0.25, 0.3) is 0 Å². The van der Waals surface area contributed by atoms with Crippen molar-refractivity contribution in [3.63, 3.8) is 0 Å². The maximum Gasteiger partial charge on any atom is 1.00 e. The summed E-state index contributed by atoms with van der Waals surface area (Å²) in [6.07, 6.45) is -0.272. The van der Waals surface area contributed by atoms with Gasteiger partial charge in [-0.2, -0.15) is 20.8 Å². The van der Waals surface area contributed by atoms with Crippen LogP contribution in [0.1, 0.15) is 38.5 Å². The van der Waals surface area contributed by atoms with Gasteiger partial charge in [-0.05, 0) is 25.7 Å². The maximum atomic E-state index is 10.3. The fourth-order valence-corrected chi connectivity index (χ4v) is 1.37. The number of carboxylic acid groups (broad SMARTS) is 2. The Morgan fingerprint density at radius 2 is 1.18 bits per heavy atom. The quantitative estimate of drug-likeness (QED) is 0.280. The Balaban J connectivity index is -0.00000180. The zero-order valence-electron chi connectivity index (χ0n) is 12.8. The molecule has 22 heavy (non-hydrogen) atoms. The van der Waals surface area contributed by atoms with Gasteiger partial charge in [0.2, 0.25) is 0 Å². The van der Waals surface area contributed by atoms with E-state index in [2.05, 4.69) is 10.2 Å². The third-order valence-corrected chi connectivity index (χ3v) is 2.41. The third kappa shape index (κ3) is 17.2. The fourth-order valence-electron chi connectivity index (χ4n) is 1.37. The Morgan fingerprint density at radius 3 is 1.41 bits per heavy atom. The largest absolute Gasteiger partial charge is 1.00 e. The Hall–Kier alpha value is 0.793. The second kappa shape index (κ2) is 18.1. The molecule has 0 aliphatic rings. The average molecular weight is 356 g/mol. The monoisotopic (exact) mass is 356 g/mol. The number of rotatable bonds is 10. The van der Waals surface area contributed by atoms with Crippen LogP contribution in [0.15, 0.2) is 10.2 Å². The van der Waals surface area contributed by atoms with Crippen molar-refractivity contribution in [2.45, 2.75) is 50.6 Å². The van der Waals surface area contributed by atoms with Gasteiger partial charge in [-0.3, -0.25) is 0 Å². The van der Waals surface area contributed by atoms with Crippen molar-refractivity contribution in [2.24, 2.45) is 10.2 Å². The molecule has 10 heteroatoms. The zero-order valence-corrected chi connectivity index (χ0v) is 19.1. The van der Waals surface area contributed by atoms with E-state index >= 15 is 0 Å². The first-order valence-electron chi connectivity index (χ1n) is 6.03. The Bertz CT molecular complexity index is 405. The first kappa shape index (κ1) is 27.6. The number of azo groups is 1. The molecule has 0 saturated heterocycles. The van der Waals surface area contributed by atoms with Gasteiger partial charge in [0.05, 0.1) is 37.1 Å². The van der Waals surface area contributed by atoms with Crippen LogP contribution in [-0.2, 0) is 9.59 Å². The summed E-state index contributed by atoms with van der Waals surface area (Å²) in [7, 11) is 0. The molecule has 108 valence electrons. The van der Waals surface area contributed by atoms with Crippen molar-refractivity contribution < 1.29 is 123 Å². The molecule has 0 heterocycles. The van der Waals surface area contributed by atoms with Crippen LogP contribution in [0, 0.1) is 22.7 Å². The normalized spacial score (nSPS) is 12.1. The molecule has 0 rings (SSSR count). The van der Waals surface area contributed by atoms with Gasteiger partial charge in [-0.25, -0.2) is 0 Å². The number of carbonyl (C=O) groups excluding carboxylic acids is 2. The number of aliphatic carboxylic acids is 2. The molecular formula is C12H14K2N4O4. The van der Waals surface area contributed by atoms with E-state index in [4.69, 9.17) is 10.5 Å². The minimum atomic E-state index is -1.24. The molecule has 0 saturated carbocycles. The van der Waals surface area contributed by atoms with E-state index < -0.39 is 24.0 Å². The summed E-state index contributed by atoms with van der Waals surface area (Å²) in [6, 6.07) is 2.53. The van der Waals surface area contributed by atoms with Crippen molar-refractivity contribution in [3.8, 4) is 12.1 Å². The van der Waals surface area contributed by atoms with Crippen molar-refractivity contribution in [3.05, 3.63) is 0 Å². The zero-order chi connectivity index (χ0) is 15.4.